The van der Waals surface area contributed by atoms with Gasteiger partial charge in [0.2, 0.25) is 0 Å². The molecule has 26 heavy (non-hydrogen) atoms. The van der Waals surface area contributed by atoms with Crippen LogP contribution in [0, 0.1) is 0 Å². The van der Waals surface area contributed by atoms with Crippen molar-refractivity contribution < 1.29 is 18.8 Å². The highest BCUT2D eigenvalue weighted by atomic mass is 28.4. The number of unbranched alkanes of at least 4 members (excludes halogenated alkanes) is 2. The van der Waals surface area contributed by atoms with Gasteiger partial charge in [-0.05, 0) is 55.5 Å². The quantitative estimate of drug-likeness (QED) is 0.174. The molecule has 0 aromatic carbocycles. The molecule has 1 aliphatic rings. The van der Waals surface area contributed by atoms with E-state index in [1.807, 2.05) is 12.2 Å². The van der Waals surface area contributed by atoms with Gasteiger partial charge in [0.15, 0.2) is 14.1 Å². The second-order valence-corrected chi connectivity index (χ2v) is 13.1. The molecule has 1 atom stereocenters. The van der Waals surface area contributed by atoms with Gasteiger partial charge in [0.25, 0.3) is 0 Å². The Kier molecular flexibility index (Phi) is 8.70. The number of allylic oxidation sites excluding steroid dienone is 2. The molecule has 0 saturated carbocycles. The van der Waals surface area contributed by atoms with Crippen LogP contribution in [0.3, 0.4) is 0 Å². The van der Waals surface area contributed by atoms with Gasteiger partial charge in [0.05, 0.1) is 6.10 Å². The summed E-state index contributed by atoms with van der Waals surface area (Å²) in [5.74, 6) is -0.124. The van der Waals surface area contributed by atoms with Crippen LogP contribution in [-0.2, 0) is 18.8 Å². The van der Waals surface area contributed by atoms with Crippen molar-refractivity contribution in [2.24, 2.45) is 0 Å². The molecule has 0 aromatic heterocycles. The van der Waals surface area contributed by atoms with Crippen molar-refractivity contribution in [1.29, 1.82) is 0 Å². The van der Waals surface area contributed by atoms with E-state index in [1.54, 1.807) is 6.08 Å². The minimum atomic E-state index is -1.85. The van der Waals surface area contributed by atoms with Gasteiger partial charge < -0.3 is 9.16 Å². The molecular weight excluding hydrogens is 344 g/mol. The van der Waals surface area contributed by atoms with Crippen molar-refractivity contribution in [1.82, 2.24) is 0 Å². The molecule has 0 unspecified atom stereocenters. The number of esters is 1. The first-order valence-electron chi connectivity index (χ1n) is 9.42. The van der Waals surface area contributed by atoms with Crippen LogP contribution in [0.15, 0.2) is 36.5 Å². The van der Waals surface area contributed by atoms with Crippen molar-refractivity contribution >= 4 is 20.1 Å². The Hall–Kier alpha value is -1.46. The SMILES string of the molecule is C=CCOC(=O)/C=C/CCCCC1=C[C@H](O[Si](C)(C)C(C)(C)C)CC1=O. The average Bonchev–Trinajstić information content (AvgIpc) is 2.86. The number of carbonyl (C=O) groups is 2. The monoisotopic (exact) mass is 378 g/mol. The van der Waals surface area contributed by atoms with Crippen molar-refractivity contribution in [2.45, 2.75) is 77.1 Å². The maximum Gasteiger partial charge on any atom is 0.330 e. The van der Waals surface area contributed by atoms with Gasteiger partial charge in [-0.3, -0.25) is 4.79 Å². The van der Waals surface area contributed by atoms with Crippen molar-refractivity contribution in [2.75, 3.05) is 6.61 Å². The minimum Gasteiger partial charge on any atom is -0.458 e. The van der Waals surface area contributed by atoms with Crippen LogP contribution in [0.4, 0.5) is 0 Å². The molecule has 0 spiro atoms. The lowest BCUT2D eigenvalue weighted by Gasteiger charge is -2.37. The Bertz CT molecular complexity index is 567. The lowest BCUT2D eigenvalue weighted by Crippen LogP contribution is -2.43. The molecule has 0 amide bonds. The van der Waals surface area contributed by atoms with E-state index in [0.29, 0.717) is 6.42 Å². The molecule has 0 N–H and O–H groups in total. The zero-order valence-electron chi connectivity index (χ0n) is 17.0. The fourth-order valence-electron chi connectivity index (χ4n) is 2.49. The Morgan fingerprint density at radius 3 is 2.65 bits per heavy atom. The maximum atomic E-state index is 12.2. The van der Waals surface area contributed by atoms with Crippen LogP contribution in [0.1, 0.15) is 52.9 Å². The van der Waals surface area contributed by atoms with Gasteiger partial charge >= 0.3 is 5.97 Å². The predicted octanol–water partition coefficient (Wildman–Crippen LogP) is 5.12. The molecule has 0 aliphatic heterocycles. The molecule has 1 aliphatic carbocycles. The van der Waals surface area contributed by atoms with E-state index >= 15 is 0 Å². The van der Waals surface area contributed by atoms with Gasteiger partial charge in [0, 0.05) is 12.5 Å². The van der Waals surface area contributed by atoms with E-state index in [4.69, 9.17) is 9.16 Å². The highest BCUT2D eigenvalue weighted by Crippen LogP contribution is 2.39. The Morgan fingerprint density at radius 2 is 2.04 bits per heavy atom. The maximum absolute atomic E-state index is 12.2. The average molecular weight is 379 g/mol. The molecule has 0 fully saturated rings. The zero-order chi connectivity index (χ0) is 19.8. The topological polar surface area (TPSA) is 52.6 Å². The van der Waals surface area contributed by atoms with Gasteiger partial charge in [-0.25, -0.2) is 4.79 Å². The van der Waals surface area contributed by atoms with Crippen LogP contribution >= 0.6 is 0 Å². The molecule has 0 saturated heterocycles. The number of Topliss-reactive ketones (excluding diaryl/α,β-unsaturated/α-hetero) is 1. The number of ether oxygens (including phenoxy) is 1. The van der Waals surface area contributed by atoms with Crippen LogP contribution in [-0.4, -0.2) is 32.8 Å². The van der Waals surface area contributed by atoms with Gasteiger partial charge in [0.1, 0.15) is 6.61 Å². The standard InChI is InChI=1S/C21H34O4Si/c1-7-14-24-20(23)13-11-9-8-10-12-17-15-18(16-19(17)22)25-26(5,6)21(2,3)4/h7,11,13,15,18H,1,8-10,12,14,16H2,2-6H3/b13-11+/t18-/m0/s1. The molecular formula is C21H34O4Si. The Balaban J connectivity index is 2.37. The highest BCUT2D eigenvalue weighted by Gasteiger charge is 2.40. The molecule has 0 aromatic rings. The summed E-state index contributed by atoms with van der Waals surface area (Å²) in [6.07, 6.45) is 10.7. The summed E-state index contributed by atoms with van der Waals surface area (Å²) in [5.41, 5.74) is 0.906. The summed E-state index contributed by atoms with van der Waals surface area (Å²) >= 11 is 0. The highest BCUT2D eigenvalue weighted by molar-refractivity contribution is 6.74. The molecule has 4 nitrogen and oxygen atoms in total. The fourth-order valence-corrected chi connectivity index (χ4v) is 3.75. The fraction of sp³-hybridized carbons (Fsp3) is 0.619. The van der Waals surface area contributed by atoms with Crippen molar-refractivity contribution in [3.05, 3.63) is 36.5 Å². The third-order valence-corrected chi connectivity index (χ3v) is 9.55. The second-order valence-electron chi connectivity index (χ2n) is 8.30. The largest absolute Gasteiger partial charge is 0.458 e. The van der Waals surface area contributed by atoms with Crippen LogP contribution in [0.2, 0.25) is 18.1 Å². The molecule has 5 heteroatoms. The normalized spacial score (nSPS) is 18.3. The summed E-state index contributed by atoms with van der Waals surface area (Å²) in [7, 11) is -1.85. The molecule has 146 valence electrons. The molecule has 1 rings (SSSR count). The number of carbonyl (C=O) groups excluding carboxylic acids is 2. The zero-order valence-corrected chi connectivity index (χ0v) is 18.0. The first-order valence-corrected chi connectivity index (χ1v) is 12.3. The van der Waals surface area contributed by atoms with Crippen LogP contribution in [0.5, 0.6) is 0 Å². The van der Waals surface area contributed by atoms with Gasteiger partial charge in [-0.1, -0.05) is 39.5 Å². The van der Waals surface area contributed by atoms with E-state index in [2.05, 4.69) is 40.4 Å². The molecule has 0 bridgehead atoms. The van der Waals surface area contributed by atoms with E-state index in [-0.39, 0.29) is 29.5 Å². The minimum absolute atomic E-state index is 0.0575. The van der Waals surface area contributed by atoms with Crippen LogP contribution < -0.4 is 0 Å². The lowest BCUT2D eigenvalue weighted by atomic mass is 10.1. The number of ketones is 1. The van der Waals surface area contributed by atoms with Crippen molar-refractivity contribution in [3.8, 4) is 0 Å². The van der Waals surface area contributed by atoms with Crippen LogP contribution in [0.25, 0.3) is 0 Å². The molecule has 0 radical (unpaired) electrons. The van der Waals surface area contributed by atoms with E-state index in [1.165, 1.54) is 6.08 Å². The van der Waals surface area contributed by atoms with E-state index < -0.39 is 8.32 Å². The molecule has 0 heterocycles. The lowest BCUT2D eigenvalue weighted by molar-refractivity contribution is -0.136. The van der Waals surface area contributed by atoms with Crippen molar-refractivity contribution in [3.63, 3.8) is 0 Å². The smallest absolute Gasteiger partial charge is 0.330 e. The summed E-state index contributed by atoms with van der Waals surface area (Å²) < 4.78 is 11.2. The predicted molar refractivity (Wildman–Crippen MR) is 109 cm³/mol. The van der Waals surface area contributed by atoms with E-state index in [9.17, 15) is 9.59 Å². The Labute approximate surface area is 159 Å². The Morgan fingerprint density at radius 1 is 1.35 bits per heavy atom. The summed E-state index contributed by atoms with van der Waals surface area (Å²) in [5, 5.41) is 0.145. The first-order chi connectivity index (χ1) is 12.1. The number of hydrogen-bond acceptors (Lipinski definition) is 4. The third-order valence-electron chi connectivity index (χ3n) is 5.05. The summed E-state index contributed by atoms with van der Waals surface area (Å²) in [6.45, 7) is 14.8. The summed E-state index contributed by atoms with van der Waals surface area (Å²) in [6, 6.07) is 0. The van der Waals surface area contributed by atoms with Gasteiger partial charge in [-0.15, -0.1) is 0 Å². The summed E-state index contributed by atoms with van der Waals surface area (Å²) in [4.78, 5) is 23.5. The van der Waals surface area contributed by atoms with E-state index in [0.717, 1.165) is 31.3 Å². The third kappa shape index (κ3) is 7.42. The number of hydrogen-bond donors (Lipinski definition) is 0. The second kappa shape index (κ2) is 10.0. The first kappa shape index (κ1) is 22.6. The number of rotatable bonds is 10. The van der Waals surface area contributed by atoms with Gasteiger partial charge in [-0.2, -0.15) is 0 Å².